The summed E-state index contributed by atoms with van der Waals surface area (Å²) in [5, 5.41) is 2.93. The van der Waals surface area contributed by atoms with Crippen molar-refractivity contribution in [3.63, 3.8) is 0 Å². The molecule has 2 amide bonds. The molecule has 0 saturated heterocycles. The smallest absolute Gasteiger partial charge is 0.231 e. The SMILES string of the molecule is CCOc1ccccc1NC(=O)C1CC1C(=O)N1c2ccccc2CC1C. The number of amides is 2. The highest BCUT2D eigenvalue weighted by molar-refractivity contribution is 6.05. The average molecular weight is 364 g/mol. The molecule has 0 spiro atoms. The molecule has 27 heavy (non-hydrogen) atoms. The Bertz CT molecular complexity index is 879. The van der Waals surface area contributed by atoms with E-state index in [9.17, 15) is 9.59 Å². The van der Waals surface area contributed by atoms with E-state index >= 15 is 0 Å². The number of benzene rings is 2. The first kappa shape index (κ1) is 17.6. The Kier molecular flexibility index (Phi) is 4.60. The normalized spacial score (nSPS) is 22.9. The van der Waals surface area contributed by atoms with E-state index < -0.39 is 0 Å². The third kappa shape index (κ3) is 3.29. The molecule has 4 rings (SSSR count). The van der Waals surface area contributed by atoms with Crippen molar-refractivity contribution in [2.45, 2.75) is 32.7 Å². The summed E-state index contributed by atoms with van der Waals surface area (Å²) in [6.07, 6.45) is 1.47. The standard InChI is InChI=1S/C22H24N2O3/c1-3-27-20-11-7-5-9-18(20)23-21(25)16-13-17(16)22(26)24-14(2)12-15-8-4-6-10-19(15)24/h4-11,14,16-17H,3,12-13H2,1-2H3,(H,23,25). The largest absolute Gasteiger partial charge is 0.492 e. The molecular formula is C22H24N2O3. The molecule has 5 nitrogen and oxygen atoms in total. The van der Waals surface area contributed by atoms with E-state index in [1.54, 1.807) is 0 Å². The van der Waals surface area contributed by atoms with Gasteiger partial charge in [-0.15, -0.1) is 0 Å². The fourth-order valence-electron chi connectivity index (χ4n) is 3.91. The van der Waals surface area contributed by atoms with Crippen molar-refractivity contribution in [3.05, 3.63) is 54.1 Å². The zero-order chi connectivity index (χ0) is 19.0. The Morgan fingerprint density at radius 2 is 1.85 bits per heavy atom. The summed E-state index contributed by atoms with van der Waals surface area (Å²) >= 11 is 0. The first-order chi connectivity index (χ1) is 13.1. The third-order valence-electron chi connectivity index (χ3n) is 5.33. The molecule has 2 aliphatic rings. The molecule has 0 radical (unpaired) electrons. The molecule has 1 saturated carbocycles. The topological polar surface area (TPSA) is 58.6 Å². The van der Waals surface area contributed by atoms with Gasteiger partial charge in [0.1, 0.15) is 5.75 Å². The predicted molar refractivity (Wildman–Crippen MR) is 105 cm³/mol. The van der Waals surface area contributed by atoms with Crippen LogP contribution in [0.3, 0.4) is 0 Å². The lowest BCUT2D eigenvalue weighted by Crippen LogP contribution is -2.37. The van der Waals surface area contributed by atoms with Crippen LogP contribution in [0.25, 0.3) is 0 Å². The van der Waals surface area contributed by atoms with Crippen LogP contribution in [0.2, 0.25) is 0 Å². The summed E-state index contributed by atoms with van der Waals surface area (Å²) in [7, 11) is 0. The van der Waals surface area contributed by atoms with Gasteiger partial charge in [-0.1, -0.05) is 30.3 Å². The number of ether oxygens (including phenoxy) is 1. The van der Waals surface area contributed by atoms with Crippen LogP contribution in [-0.2, 0) is 16.0 Å². The lowest BCUT2D eigenvalue weighted by molar-refractivity contribution is -0.123. The Morgan fingerprint density at radius 1 is 1.11 bits per heavy atom. The fraction of sp³-hybridized carbons (Fsp3) is 0.364. The van der Waals surface area contributed by atoms with Crippen LogP contribution in [0.1, 0.15) is 25.8 Å². The summed E-state index contributed by atoms with van der Waals surface area (Å²) in [6.45, 7) is 4.50. The van der Waals surface area contributed by atoms with Gasteiger partial charge in [0.2, 0.25) is 11.8 Å². The molecule has 5 heteroatoms. The van der Waals surface area contributed by atoms with Gasteiger partial charge in [-0.3, -0.25) is 9.59 Å². The Balaban J connectivity index is 1.44. The molecule has 1 fully saturated rings. The van der Waals surface area contributed by atoms with Gasteiger partial charge in [0, 0.05) is 11.7 Å². The van der Waals surface area contributed by atoms with Gasteiger partial charge in [0.25, 0.3) is 0 Å². The molecule has 1 aliphatic heterocycles. The second-order valence-corrected chi connectivity index (χ2v) is 7.26. The second-order valence-electron chi connectivity index (χ2n) is 7.26. The van der Waals surface area contributed by atoms with Gasteiger partial charge in [-0.05, 0) is 50.5 Å². The first-order valence-electron chi connectivity index (χ1n) is 9.53. The lowest BCUT2D eigenvalue weighted by atomic mass is 10.1. The summed E-state index contributed by atoms with van der Waals surface area (Å²) in [5.41, 5.74) is 2.84. The molecule has 0 aromatic heterocycles. The van der Waals surface area contributed by atoms with Gasteiger partial charge in [0.05, 0.1) is 24.1 Å². The quantitative estimate of drug-likeness (QED) is 0.881. The number of carbonyl (C=O) groups excluding carboxylic acids is 2. The average Bonchev–Trinajstić information content (AvgIpc) is 3.39. The molecule has 3 unspecified atom stereocenters. The zero-order valence-corrected chi connectivity index (χ0v) is 15.6. The molecule has 1 aliphatic carbocycles. The summed E-state index contributed by atoms with van der Waals surface area (Å²) in [5.74, 6) is 0.0929. The van der Waals surface area contributed by atoms with Crippen LogP contribution in [0.4, 0.5) is 11.4 Å². The van der Waals surface area contributed by atoms with Gasteiger partial charge in [-0.25, -0.2) is 0 Å². The molecule has 1 N–H and O–H groups in total. The Labute approximate surface area is 159 Å². The molecular weight excluding hydrogens is 340 g/mol. The van der Waals surface area contributed by atoms with Crippen molar-refractivity contribution in [3.8, 4) is 5.75 Å². The predicted octanol–water partition coefficient (Wildman–Crippen LogP) is 3.64. The van der Waals surface area contributed by atoms with Crippen molar-refractivity contribution in [2.24, 2.45) is 11.8 Å². The van der Waals surface area contributed by atoms with E-state index in [0.29, 0.717) is 24.5 Å². The number of nitrogens with one attached hydrogen (secondary N) is 1. The minimum absolute atomic E-state index is 0.0608. The van der Waals surface area contributed by atoms with Crippen LogP contribution in [0, 0.1) is 11.8 Å². The summed E-state index contributed by atoms with van der Waals surface area (Å²) in [4.78, 5) is 27.6. The van der Waals surface area contributed by atoms with Crippen molar-refractivity contribution in [2.75, 3.05) is 16.8 Å². The van der Waals surface area contributed by atoms with Crippen LogP contribution >= 0.6 is 0 Å². The minimum Gasteiger partial charge on any atom is -0.492 e. The highest BCUT2D eigenvalue weighted by Gasteiger charge is 2.51. The zero-order valence-electron chi connectivity index (χ0n) is 15.6. The number of para-hydroxylation sites is 3. The maximum atomic E-state index is 13.0. The van der Waals surface area contributed by atoms with Crippen LogP contribution in [0.15, 0.2) is 48.5 Å². The number of hydrogen-bond donors (Lipinski definition) is 1. The van der Waals surface area contributed by atoms with Gasteiger partial charge in [0.15, 0.2) is 0 Å². The highest BCUT2D eigenvalue weighted by Crippen LogP contribution is 2.44. The molecule has 0 bridgehead atoms. The van der Waals surface area contributed by atoms with E-state index in [0.717, 1.165) is 12.1 Å². The van der Waals surface area contributed by atoms with Crippen LogP contribution in [-0.4, -0.2) is 24.5 Å². The number of nitrogens with zero attached hydrogens (tertiary/aromatic N) is 1. The number of hydrogen-bond acceptors (Lipinski definition) is 3. The van der Waals surface area contributed by atoms with Crippen molar-refractivity contribution < 1.29 is 14.3 Å². The number of carbonyl (C=O) groups is 2. The van der Waals surface area contributed by atoms with Crippen LogP contribution in [0.5, 0.6) is 5.75 Å². The lowest BCUT2D eigenvalue weighted by Gasteiger charge is -2.23. The van der Waals surface area contributed by atoms with Crippen molar-refractivity contribution in [1.82, 2.24) is 0 Å². The maximum absolute atomic E-state index is 13.0. The minimum atomic E-state index is -0.271. The van der Waals surface area contributed by atoms with E-state index in [2.05, 4.69) is 18.3 Å². The second kappa shape index (κ2) is 7.06. The summed E-state index contributed by atoms with van der Waals surface area (Å²) < 4.78 is 5.56. The van der Waals surface area contributed by atoms with Crippen molar-refractivity contribution in [1.29, 1.82) is 0 Å². The summed E-state index contributed by atoms with van der Waals surface area (Å²) in [6, 6.07) is 15.5. The van der Waals surface area contributed by atoms with Gasteiger partial charge >= 0.3 is 0 Å². The van der Waals surface area contributed by atoms with Crippen LogP contribution < -0.4 is 15.0 Å². The maximum Gasteiger partial charge on any atom is 0.231 e. The van der Waals surface area contributed by atoms with Crippen molar-refractivity contribution >= 4 is 23.2 Å². The first-order valence-corrected chi connectivity index (χ1v) is 9.53. The molecule has 2 aromatic carbocycles. The van der Waals surface area contributed by atoms with E-state index in [4.69, 9.17) is 4.74 Å². The molecule has 1 heterocycles. The molecule has 2 aromatic rings. The van der Waals surface area contributed by atoms with E-state index in [-0.39, 0.29) is 29.7 Å². The van der Waals surface area contributed by atoms with E-state index in [1.807, 2.05) is 54.3 Å². The third-order valence-corrected chi connectivity index (χ3v) is 5.33. The molecule has 140 valence electrons. The number of fused-ring (bicyclic) bond motifs is 1. The Hall–Kier alpha value is -2.82. The van der Waals surface area contributed by atoms with Gasteiger partial charge < -0.3 is 15.0 Å². The highest BCUT2D eigenvalue weighted by atomic mass is 16.5. The van der Waals surface area contributed by atoms with Gasteiger partial charge in [-0.2, -0.15) is 0 Å². The Morgan fingerprint density at radius 3 is 2.67 bits per heavy atom. The number of anilines is 2. The monoisotopic (exact) mass is 364 g/mol. The molecule has 3 atom stereocenters. The fourth-order valence-corrected chi connectivity index (χ4v) is 3.91. The van der Waals surface area contributed by atoms with E-state index in [1.165, 1.54) is 5.56 Å². The number of rotatable bonds is 5.